The van der Waals surface area contributed by atoms with E-state index in [1.54, 1.807) is 0 Å². The third kappa shape index (κ3) is 8.07. The summed E-state index contributed by atoms with van der Waals surface area (Å²) in [4.78, 5) is 4.91. The number of fused-ring (bicyclic) bond motifs is 10. The second-order valence-corrected chi connectivity index (χ2v) is 22.3. The van der Waals surface area contributed by atoms with E-state index in [-0.39, 0.29) is 0 Å². The largest absolute Gasteiger partial charge is 0.456 e. The predicted octanol–water partition coefficient (Wildman–Crippen LogP) is 23.7. The highest BCUT2D eigenvalue weighted by atomic mass is 16.3. The number of furan rings is 2. The lowest BCUT2D eigenvalue weighted by Gasteiger charge is -2.29. The molecule has 0 saturated heterocycles. The normalized spacial score (nSPS) is 11.7. The zero-order valence-corrected chi connectivity index (χ0v) is 46.7. The van der Waals surface area contributed by atoms with Crippen molar-refractivity contribution < 1.29 is 8.83 Å². The van der Waals surface area contributed by atoms with Gasteiger partial charge in [-0.2, -0.15) is 0 Å². The third-order valence-corrected chi connectivity index (χ3v) is 17.4. The molecule has 402 valence electrons. The van der Waals surface area contributed by atoms with Gasteiger partial charge in [0.25, 0.3) is 0 Å². The molecule has 17 aromatic rings. The van der Waals surface area contributed by atoms with Crippen molar-refractivity contribution in [2.75, 3.05) is 9.80 Å². The van der Waals surface area contributed by atoms with Crippen LogP contribution in [0.4, 0.5) is 34.1 Å². The summed E-state index contributed by atoms with van der Waals surface area (Å²) in [6.07, 6.45) is 0. The van der Waals surface area contributed by atoms with Crippen LogP contribution in [0.15, 0.2) is 324 Å². The van der Waals surface area contributed by atoms with Crippen molar-refractivity contribution in [1.29, 1.82) is 0 Å². The fraction of sp³-hybridized carbons (Fsp3) is 0. The van der Waals surface area contributed by atoms with Crippen LogP contribution in [0.25, 0.3) is 131 Å². The lowest BCUT2D eigenvalue weighted by Crippen LogP contribution is -2.11. The van der Waals surface area contributed by atoms with E-state index in [1.165, 1.54) is 11.1 Å². The lowest BCUT2D eigenvalue weighted by atomic mass is 9.84. The minimum Gasteiger partial charge on any atom is -0.456 e. The van der Waals surface area contributed by atoms with Gasteiger partial charge < -0.3 is 18.6 Å². The number of nitrogens with zero attached hydrogens (tertiary/aromatic N) is 2. The molecule has 0 fully saturated rings. The van der Waals surface area contributed by atoms with Crippen molar-refractivity contribution in [2.45, 2.75) is 0 Å². The number of rotatable bonds is 10. The van der Waals surface area contributed by atoms with Crippen LogP contribution in [0.2, 0.25) is 0 Å². The maximum absolute atomic E-state index is 6.65. The number of para-hydroxylation sites is 2. The molecule has 0 atom stereocenters. The standard InChI is InChI=1S/C82H52N2O2/c1-3-19-53(20-4-1)55-39-43-59(44-40-55)79-65-49-47-62(84(72-32-16-26-58-24-8-10-28-64(58)72)74-34-18-38-78-82(74)68-30-12-14-36-76(68)86-78)52-70(65)80(60-45-41-56(42-46-60)54-21-5-2-6-22-54)66-50-48-61(51-69(66)79)83(71-31-15-25-57-23-7-9-27-63(57)71)73-33-17-37-77-81(73)67-29-11-13-35-75(67)85-77/h1-52H. The van der Waals surface area contributed by atoms with Crippen molar-refractivity contribution in [3.63, 3.8) is 0 Å². The van der Waals surface area contributed by atoms with Crippen molar-refractivity contribution in [3.8, 4) is 44.5 Å². The molecule has 15 aromatic carbocycles. The third-order valence-electron chi connectivity index (χ3n) is 17.4. The Morgan fingerprint density at radius 3 is 0.965 bits per heavy atom. The van der Waals surface area contributed by atoms with Gasteiger partial charge in [0.05, 0.1) is 33.5 Å². The summed E-state index contributed by atoms with van der Waals surface area (Å²) in [7, 11) is 0. The van der Waals surface area contributed by atoms with E-state index < -0.39 is 0 Å². The van der Waals surface area contributed by atoms with E-state index in [0.717, 1.165) is 154 Å². The van der Waals surface area contributed by atoms with Crippen LogP contribution in [0.3, 0.4) is 0 Å². The van der Waals surface area contributed by atoms with Crippen LogP contribution in [0, 0.1) is 0 Å². The molecule has 0 bridgehead atoms. The van der Waals surface area contributed by atoms with Crippen LogP contribution in [0.1, 0.15) is 0 Å². The molecule has 0 aliphatic carbocycles. The zero-order chi connectivity index (χ0) is 56.7. The molecular weight excluding hydrogens is 1040 g/mol. The summed E-state index contributed by atoms with van der Waals surface area (Å²) in [6, 6.07) is 114. The Balaban J connectivity index is 0.990. The fourth-order valence-corrected chi connectivity index (χ4v) is 13.5. The molecule has 0 N–H and O–H groups in total. The second kappa shape index (κ2) is 20.2. The van der Waals surface area contributed by atoms with Gasteiger partial charge in [-0.15, -0.1) is 0 Å². The predicted molar refractivity (Wildman–Crippen MR) is 362 cm³/mol. The SMILES string of the molecule is c1ccc(-c2ccc(-c3c4ccc(N(c5cccc6ccccc56)c5cccc6oc7ccccc7c56)cc4c(-c4ccc(-c5ccccc5)cc4)c4ccc(N(c5cccc6ccccc56)c5cccc6oc7ccccc7c56)cc34)cc2)cc1. The Morgan fingerprint density at radius 2 is 0.523 bits per heavy atom. The second-order valence-electron chi connectivity index (χ2n) is 22.3. The van der Waals surface area contributed by atoms with E-state index in [0.29, 0.717) is 0 Å². The van der Waals surface area contributed by atoms with Gasteiger partial charge in [0.15, 0.2) is 0 Å². The van der Waals surface area contributed by atoms with Crippen molar-refractivity contribution in [3.05, 3.63) is 315 Å². The summed E-state index contributed by atoms with van der Waals surface area (Å²) in [5.41, 5.74) is 18.9. The van der Waals surface area contributed by atoms with Gasteiger partial charge in [0, 0.05) is 32.9 Å². The molecule has 0 unspecified atom stereocenters. The maximum atomic E-state index is 6.65. The number of anilines is 6. The Hall–Kier alpha value is -11.5. The molecule has 0 saturated carbocycles. The van der Waals surface area contributed by atoms with Crippen LogP contribution >= 0.6 is 0 Å². The molecule has 4 nitrogen and oxygen atoms in total. The minimum atomic E-state index is 0.840. The van der Waals surface area contributed by atoms with Gasteiger partial charge in [-0.05, 0) is 150 Å². The number of benzene rings is 15. The summed E-state index contributed by atoms with van der Waals surface area (Å²) in [5.74, 6) is 0. The first kappa shape index (κ1) is 49.2. The molecule has 0 aliphatic heterocycles. The van der Waals surface area contributed by atoms with E-state index >= 15 is 0 Å². The summed E-state index contributed by atoms with van der Waals surface area (Å²) < 4.78 is 13.3. The molecule has 17 rings (SSSR count). The van der Waals surface area contributed by atoms with E-state index in [1.807, 2.05) is 12.1 Å². The fourth-order valence-electron chi connectivity index (χ4n) is 13.5. The van der Waals surface area contributed by atoms with Crippen LogP contribution in [-0.2, 0) is 0 Å². The van der Waals surface area contributed by atoms with Gasteiger partial charge in [-0.3, -0.25) is 0 Å². The smallest absolute Gasteiger partial charge is 0.137 e. The van der Waals surface area contributed by atoms with Crippen LogP contribution < -0.4 is 9.80 Å². The number of hydrogen-bond donors (Lipinski definition) is 0. The molecule has 0 radical (unpaired) electrons. The topological polar surface area (TPSA) is 32.8 Å². The van der Waals surface area contributed by atoms with E-state index in [4.69, 9.17) is 8.83 Å². The Labute approximate surface area is 496 Å². The molecule has 86 heavy (non-hydrogen) atoms. The summed E-state index contributed by atoms with van der Waals surface area (Å²) >= 11 is 0. The molecule has 2 heterocycles. The molecule has 0 amide bonds. The zero-order valence-electron chi connectivity index (χ0n) is 46.7. The lowest BCUT2D eigenvalue weighted by molar-refractivity contribution is 0.668. The van der Waals surface area contributed by atoms with Crippen molar-refractivity contribution >= 4 is 121 Å². The highest BCUT2D eigenvalue weighted by molar-refractivity contribution is 6.24. The molecule has 2 aromatic heterocycles. The van der Waals surface area contributed by atoms with Gasteiger partial charge in [-0.1, -0.05) is 243 Å². The van der Waals surface area contributed by atoms with Gasteiger partial charge in [0.2, 0.25) is 0 Å². The maximum Gasteiger partial charge on any atom is 0.137 e. The number of hydrogen-bond acceptors (Lipinski definition) is 4. The molecule has 0 aliphatic rings. The summed E-state index contributed by atoms with van der Waals surface area (Å²) in [5, 5.41) is 13.4. The van der Waals surface area contributed by atoms with Gasteiger partial charge in [0.1, 0.15) is 22.3 Å². The average molecular weight is 1100 g/mol. The molecular formula is C82H52N2O2. The molecule has 0 spiro atoms. The van der Waals surface area contributed by atoms with E-state index in [2.05, 4.69) is 313 Å². The first-order valence-electron chi connectivity index (χ1n) is 29.4. The van der Waals surface area contributed by atoms with E-state index in [9.17, 15) is 0 Å². The van der Waals surface area contributed by atoms with Crippen LogP contribution in [0.5, 0.6) is 0 Å². The first-order valence-corrected chi connectivity index (χ1v) is 29.4. The summed E-state index contributed by atoms with van der Waals surface area (Å²) in [6.45, 7) is 0. The Bertz CT molecular complexity index is 5120. The van der Waals surface area contributed by atoms with Gasteiger partial charge in [-0.25, -0.2) is 0 Å². The van der Waals surface area contributed by atoms with Crippen LogP contribution in [-0.4, -0.2) is 0 Å². The van der Waals surface area contributed by atoms with Gasteiger partial charge >= 0.3 is 0 Å². The Morgan fingerprint density at radius 1 is 0.198 bits per heavy atom. The minimum absolute atomic E-state index is 0.840. The highest BCUT2D eigenvalue weighted by Crippen LogP contribution is 2.52. The monoisotopic (exact) mass is 1100 g/mol. The highest BCUT2D eigenvalue weighted by Gasteiger charge is 2.27. The first-order chi connectivity index (χ1) is 42.7. The Kier molecular flexibility index (Phi) is 11.5. The average Bonchev–Trinajstić information content (AvgIpc) is 1.05. The van der Waals surface area contributed by atoms with Crippen molar-refractivity contribution in [2.24, 2.45) is 0 Å². The molecule has 4 heteroatoms. The van der Waals surface area contributed by atoms with Crippen molar-refractivity contribution in [1.82, 2.24) is 0 Å². The quantitative estimate of drug-likeness (QED) is 0.128.